The zero-order valence-corrected chi connectivity index (χ0v) is 34.0. The van der Waals surface area contributed by atoms with Crippen molar-refractivity contribution in [1.82, 2.24) is 9.13 Å². The Kier molecular flexibility index (Phi) is 8.53. The minimum absolute atomic E-state index is 1.14. The van der Waals surface area contributed by atoms with Gasteiger partial charge in [-0.1, -0.05) is 188 Å². The van der Waals surface area contributed by atoms with E-state index in [0.717, 1.165) is 11.4 Å². The normalized spacial score (nSPS) is 11.5. The van der Waals surface area contributed by atoms with E-state index in [9.17, 15) is 0 Å². The van der Waals surface area contributed by atoms with Gasteiger partial charge in [0.2, 0.25) is 0 Å². The lowest BCUT2D eigenvalue weighted by Crippen LogP contribution is -1.96. The second-order valence-corrected chi connectivity index (χ2v) is 16.1. The maximum atomic E-state index is 2.46. The summed E-state index contributed by atoms with van der Waals surface area (Å²) >= 11 is 0. The molecule has 0 unspecified atom stereocenters. The van der Waals surface area contributed by atoms with Gasteiger partial charge in [0.1, 0.15) is 0 Å². The topological polar surface area (TPSA) is 9.86 Å². The Morgan fingerprint density at radius 3 is 1.13 bits per heavy atom. The van der Waals surface area contributed by atoms with Crippen molar-refractivity contribution in [3.05, 3.63) is 243 Å². The molecule has 0 saturated heterocycles. The molecule has 12 rings (SSSR count). The zero-order chi connectivity index (χ0) is 41.0. The van der Waals surface area contributed by atoms with Gasteiger partial charge in [-0.25, -0.2) is 0 Å². The third-order valence-corrected chi connectivity index (χ3v) is 12.6. The van der Waals surface area contributed by atoms with Crippen LogP contribution in [0.2, 0.25) is 0 Å². The summed E-state index contributed by atoms with van der Waals surface area (Å²) in [6.45, 7) is 0. The summed E-state index contributed by atoms with van der Waals surface area (Å²) < 4.78 is 4.86. The predicted molar refractivity (Wildman–Crippen MR) is 262 cm³/mol. The Balaban J connectivity index is 1.01. The number of benzene rings is 10. The monoisotopic (exact) mass is 788 g/mol. The van der Waals surface area contributed by atoms with Crippen LogP contribution in [0.3, 0.4) is 0 Å². The Bertz CT molecular complexity index is 3560. The minimum Gasteiger partial charge on any atom is -0.309 e. The first-order chi connectivity index (χ1) is 30.7. The fourth-order valence-corrected chi connectivity index (χ4v) is 9.52. The third-order valence-electron chi connectivity index (χ3n) is 12.6. The van der Waals surface area contributed by atoms with Crippen LogP contribution in [0.25, 0.3) is 111 Å². The summed E-state index contributed by atoms with van der Waals surface area (Å²) in [5.41, 5.74) is 19.2. The van der Waals surface area contributed by atoms with E-state index >= 15 is 0 Å². The molecule has 0 N–H and O–H groups in total. The number of hydrogen-bond donors (Lipinski definition) is 0. The molecular formula is C60H40N2. The molecule has 2 nitrogen and oxygen atoms in total. The molecule has 290 valence electrons. The fraction of sp³-hybridized carbons (Fsp3) is 0. The first-order valence-corrected chi connectivity index (χ1v) is 21.3. The number of nitrogens with zero attached hydrogens (tertiary/aromatic N) is 2. The summed E-state index contributed by atoms with van der Waals surface area (Å²) in [5.74, 6) is 0. The van der Waals surface area contributed by atoms with Gasteiger partial charge in [-0.2, -0.15) is 0 Å². The van der Waals surface area contributed by atoms with Crippen molar-refractivity contribution in [3.63, 3.8) is 0 Å². The van der Waals surface area contributed by atoms with Crippen LogP contribution in [0.4, 0.5) is 0 Å². The van der Waals surface area contributed by atoms with E-state index < -0.39 is 0 Å². The van der Waals surface area contributed by atoms with Crippen molar-refractivity contribution in [2.24, 2.45) is 0 Å². The molecule has 2 aromatic heterocycles. The molecule has 62 heavy (non-hydrogen) atoms. The molecule has 0 aliphatic carbocycles. The zero-order valence-electron chi connectivity index (χ0n) is 34.0. The summed E-state index contributed by atoms with van der Waals surface area (Å²) in [7, 11) is 0. The molecule has 2 heterocycles. The molecule has 0 spiro atoms. The highest BCUT2D eigenvalue weighted by Gasteiger charge is 2.19. The first-order valence-electron chi connectivity index (χ1n) is 21.3. The predicted octanol–water partition coefficient (Wildman–Crippen LogP) is 16.2. The molecule has 2 heteroatoms. The summed E-state index contributed by atoms with van der Waals surface area (Å²) in [4.78, 5) is 0. The van der Waals surface area contributed by atoms with Gasteiger partial charge < -0.3 is 9.13 Å². The maximum Gasteiger partial charge on any atom is 0.0619 e. The van der Waals surface area contributed by atoms with Crippen molar-refractivity contribution in [1.29, 1.82) is 0 Å². The Morgan fingerprint density at radius 1 is 0.210 bits per heavy atom. The van der Waals surface area contributed by atoms with Gasteiger partial charge in [0.25, 0.3) is 0 Å². The van der Waals surface area contributed by atoms with E-state index in [-0.39, 0.29) is 0 Å². The SMILES string of the molecule is c1ccc(-c2ccc(-c3cccc4c5cc(-c6ccc7c(c6)c6ccccc6n7-c6ccc(-c7ccccc7)cc6)ccc5n(-c5ccc(-c6ccccc6)cc5)c34)cc2)cc1. The highest BCUT2D eigenvalue weighted by molar-refractivity contribution is 6.15. The van der Waals surface area contributed by atoms with E-state index in [2.05, 4.69) is 252 Å². The molecule has 0 saturated carbocycles. The van der Waals surface area contributed by atoms with Gasteiger partial charge in [-0.15, -0.1) is 0 Å². The summed E-state index contributed by atoms with van der Waals surface area (Å²) in [5, 5.41) is 4.95. The van der Waals surface area contributed by atoms with E-state index in [1.807, 2.05) is 0 Å². The van der Waals surface area contributed by atoms with E-state index in [1.165, 1.54) is 99.2 Å². The Morgan fingerprint density at radius 2 is 0.581 bits per heavy atom. The van der Waals surface area contributed by atoms with Crippen molar-refractivity contribution >= 4 is 43.6 Å². The van der Waals surface area contributed by atoms with Crippen LogP contribution in [0.15, 0.2) is 243 Å². The molecule has 0 atom stereocenters. The molecule has 0 radical (unpaired) electrons. The van der Waals surface area contributed by atoms with Gasteiger partial charge in [0.05, 0.1) is 22.1 Å². The van der Waals surface area contributed by atoms with E-state index in [0.29, 0.717) is 0 Å². The molecule has 10 aromatic carbocycles. The molecular weight excluding hydrogens is 749 g/mol. The van der Waals surface area contributed by atoms with Crippen molar-refractivity contribution < 1.29 is 0 Å². The number of fused-ring (bicyclic) bond motifs is 6. The smallest absolute Gasteiger partial charge is 0.0619 e. The molecule has 0 aliphatic heterocycles. The van der Waals surface area contributed by atoms with Gasteiger partial charge in [-0.05, 0) is 105 Å². The Hall–Kier alpha value is -8.20. The van der Waals surface area contributed by atoms with Gasteiger partial charge in [0, 0.05) is 38.5 Å². The number of aromatic nitrogens is 2. The van der Waals surface area contributed by atoms with Crippen molar-refractivity contribution in [2.45, 2.75) is 0 Å². The lowest BCUT2D eigenvalue weighted by atomic mass is 9.97. The third kappa shape index (κ3) is 6.04. The highest BCUT2D eigenvalue weighted by atomic mass is 15.0. The van der Waals surface area contributed by atoms with Crippen LogP contribution in [-0.2, 0) is 0 Å². The number of hydrogen-bond acceptors (Lipinski definition) is 0. The van der Waals surface area contributed by atoms with Crippen LogP contribution >= 0.6 is 0 Å². The first kappa shape index (κ1) is 35.7. The molecule has 0 aliphatic rings. The fourth-order valence-electron chi connectivity index (χ4n) is 9.52. The largest absolute Gasteiger partial charge is 0.309 e. The van der Waals surface area contributed by atoms with Gasteiger partial charge in [0.15, 0.2) is 0 Å². The molecule has 0 fully saturated rings. The maximum absolute atomic E-state index is 2.46. The van der Waals surface area contributed by atoms with Gasteiger partial charge >= 0.3 is 0 Å². The number of rotatable bonds is 7. The van der Waals surface area contributed by atoms with Crippen molar-refractivity contribution in [2.75, 3.05) is 0 Å². The van der Waals surface area contributed by atoms with Crippen LogP contribution in [0, 0.1) is 0 Å². The molecule has 12 aromatic rings. The number of para-hydroxylation sites is 2. The van der Waals surface area contributed by atoms with Crippen LogP contribution in [-0.4, -0.2) is 9.13 Å². The summed E-state index contributed by atoms with van der Waals surface area (Å²) in [6.07, 6.45) is 0. The van der Waals surface area contributed by atoms with Crippen molar-refractivity contribution in [3.8, 4) is 67.0 Å². The van der Waals surface area contributed by atoms with E-state index in [4.69, 9.17) is 0 Å². The lowest BCUT2D eigenvalue weighted by Gasteiger charge is -2.13. The quantitative estimate of drug-likeness (QED) is 0.152. The van der Waals surface area contributed by atoms with E-state index in [1.54, 1.807) is 0 Å². The van der Waals surface area contributed by atoms with Crippen LogP contribution < -0.4 is 0 Å². The van der Waals surface area contributed by atoms with Crippen LogP contribution in [0.5, 0.6) is 0 Å². The molecule has 0 amide bonds. The standard InChI is InChI=1S/C60H40N2/c1-4-13-41(14-5-1)44-23-25-47(26-24-44)52-20-12-21-54-56-40-49(32-38-59(56)62(60(52)54)51-35-29-46(30-36-51)43-17-8-3-9-18-43)48-31-37-58-55(39-48)53-19-10-11-22-57(53)61(58)50-33-27-45(28-34-50)42-15-6-2-7-16-42/h1-40H. The highest BCUT2D eigenvalue weighted by Crippen LogP contribution is 2.42. The summed E-state index contributed by atoms with van der Waals surface area (Å²) in [6, 6.07) is 88.4. The molecule has 0 bridgehead atoms. The van der Waals surface area contributed by atoms with Crippen LogP contribution in [0.1, 0.15) is 0 Å². The average molecular weight is 789 g/mol. The lowest BCUT2D eigenvalue weighted by molar-refractivity contribution is 1.18. The second kappa shape index (κ2) is 14.8. The second-order valence-electron chi connectivity index (χ2n) is 16.1. The minimum atomic E-state index is 1.14. The Labute approximate surface area is 360 Å². The average Bonchev–Trinajstić information content (AvgIpc) is 3.87. The van der Waals surface area contributed by atoms with Gasteiger partial charge in [-0.3, -0.25) is 0 Å².